The summed E-state index contributed by atoms with van der Waals surface area (Å²) in [5, 5.41) is 25.3. The largest absolute Gasteiger partial charge is 0.504 e. The van der Waals surface area contributed by atoms with Gasteiger partial charge in [-0.15, -0.1) is 0 Å². The summed E-state index contributed by atoms with van der Waals surface area (Å²) in [7, 11) is 1.50. The minimum Gasteiger partial charge on any atom is -0.504 e. The Morgan fingerprint density at radius 2 is 1.67 bits per heavy atom. The molecule has 0 spiro atoms. The minimum absolute atomic E-state index is 0.0714. The zero-order valence-corrected chi connectivity index (χ0v) is 14.6. The van der Waals surface area contributed by atoms with Crippen LogP contribution >= 0.6 is 0 Å². The maximum atomic E-state index is 12.6. The minimum atomic E-state index is -0.221. The van der Waals surface area contributed by atoms with Gasteiger partial charge in [-0.2, -0.15) is 0 Å². The Bertz CT molecular complexity index is 1050. The SMILES string of the molecule is COc1cc(-c2ccc3c(c2)Nc2ccc(CO)cc2NC3=O)ccc1O. The number of rotatable bonds is 3. The van der Waals surface area contributed by atoms with Crippen LogP contribution in [0.4, 0.5) is 17.1 Å². The molecule has 4 N–H and O–H groups in total. The molecule has 0 unspecified atom stereocenters. The molecule has 0 bridgehead atoms. The van der Waals surface area contributed by atoms with E-state index < -0.39 is 0 Å². The van der Waals surface area contributed by atoms with Crippen LogP contribution in [0.25, 0.3) is 11.1 Å². The first-order chi connectivity index (χ1) is 13.1. The summed E-state index contributed by atoms with van der Waals surface area (Å²) in [5.41, 5.74) is 5.02. The maximum Gasteiger partial charge on any atom is 0.257 e. The molecule has 0 aromatic heterocycles. The highest BCUT2D eigenvalue weighted by molar-refractivity contribution is 6.12. The summed E-state index contributed by atoms with van der Waals surface area (Å²) in [5.74, 6) is 0.235. The van der Waals surface area contributed by atoms with E-state index in [9.17, 15) is 15.0 Å². The van der Waals surface area contributed by atoms with E-state index in [0.29, 0.717) is 22.7 Å². The standard InChI is InChI=1S/C21H18N2O4/c1-27-20-10-14(4-7-19(20)25)13-3-5-15-17(9-13)22-16-6-2-12(11-24)8-18(16)23-21(15)26/h2-10,22,24-25H,11H2,1H3,(H,23,26). The molecule has 1 amide bonds. The third kappa shape index (κ3) is 3.07. The second-order valence-corrected chi connectivity index (χ2v) is 6.26. The van der Waals surface area contributed by atoms with Crippen molar-refractivity contribution in [2.24, 2.45) is 0 Å². The number of ether oxygens (including phenoxy) is 1. The number of aliphatic hydroxyl groups is 1. The number of methoxy groups -OCH3 is 1. The fourth-order valence-corrected chi connectivity index (χ4v) is 3.12. The van der Waals surface area contributed by atoms with E-state index in [4.69, 9.17) is 4.74 Å². The van der Waals surface area contributed by atoms with Crippen LogP contribution < -0.4 is 15.4 Å². The molecule has 6 nitrogen and oxygen atoms in total. The van der Waals surface area contributed by atoms with E-state index in [1.165, 1.54) is 7.11 Å². The molecule has 27 heavy (non-hydrogen) atoms. The van der Waals surface area contributed by atoms with Crippen molar-refractivity contribution >= 4 is 23.0 Å². The van der Waals surface area contributed by atoms with Crippen LogP contribution in [0.2, 0.25) is 0 Å². The zero-order valence-electron chi connectivity index (χ0n) is 14.6. The lowest BCUT2D eigenvalue weighted by atomic mass is 10.0. The fraction of sp³-hybridized carbons (Fsp3) is 0.0952. The van der Waals surface area contributed by atoms with Gasteiger partial charge in [0.25, 0.3) is 5.91 Å². The molecular formula is C21H18N2O4. The van der Waals surface area contributed by atoms with E-state index in [1.807, 2.05) is 18.2 Å². The van der Waals surface area contributed by atoms with Crippen LogP contribution in [-0.4, -0.2) is 23.2 Å². The molecule has 0 saturated carbocycles. The van der Waals surface area contributed by atoms with Crippen LogP contribution in [-0.2, 0) is 6.61 Å². The average molecular weight is 362 g/mol. The van der Waals surface area contributed by atoms with Crippen molar-refractivity contribution in [2.45, 2.75) is 6.61 Å². The van der Waals surface area contributed by atoms with Crippen LogP contribution in [0.3, 0.4) is 0 Å². The van der Waals surface area contributed by atoms with E-state index in [0.717, 1.165) is 22.4 Å². The Hall–Kier alpha value is -3.51. The van der Waals surface area contributed by atoms with Crippen molar-refractivity contribution in [3.63, 3.8) is 0 Å². The maximum absolute atomic E-state index is 12.6. The Morgan fingerprint density at radius 1 is 0.889 bits per heavy atom. The molecule has 0 radical (unpaired) electrons. The first-order valence-corrected chi connectivity index (χ1v) is 8.42. The third-order valence-corrected chi connectivity index (χ3v) is 4.56. The number of phenols is 1. The van der Waals surface area contributed by atoms with Gasteiger partial charge in [-0.05, 0) is 53.1 Å². The predicted octanol–water partition coefficient (Wildman–Crippen LogP) is 3.87. The first-order valence-electron chi connectivity index (χ1n) is 8.42. The summed E-state index contributed by atoms with van der Waals surface area (Å²) >= 11 is 0. The Morgan fingerprint density at radius 3 is 2.44 bits per heavy atom. The zero-order chi connectivity index (χ0) is 19.0. The van der Waals surface area contributed by atoms with Gasteiger partial charge < -0.3 is 25.6 Å². The summed E-state index contributed by atoms with van der Waals surface area (Å²) in [6.07, 6.45) is 0. The Labute approximate surface area is 156 Å². The molecule has 0 saturated heterocycles. The lowest BCUT2D eigenvalue weighted by molar-refractivity contribution is 0.102. The second-order valence-electron chi connectivity index (χ2n) is 6.26. The van der Waals surface area contributed by atoms with Gasteiger partial charge in [-0.1, -0.05) is 18.2 Å². The molecular weight excluding hydrogens is 344 g/mol. The lowest BCUT2D eigenvalue weighted by Crippen LogP contribution is -2.10. The normalized spacial score (nSPS) is 12.3. The Balaban J connectivity index is 1.78. The van der Waals surface area contributed by atoms with Gasteiger partial charge in [0.05, 0.1) is 36.3 Å². The highest BCUT2D eigenvalue weighted by Crippen LogP contribution is 2.37. The highest BCUT2D eigenvalue weighted by Gasteiger charge is 2.20. The van der Waals surface area contributed by atoms with Crippen LogP contribution in [0.5, 0.6) is 11.5 Å². The van der Waals surface area contributed by atoms with E-state index in [-0.39, 0.29) is 18.3 Å². The highest BCUT2D eigenvalue weighted by atomic mass is 16.5. The van der Waals surface area contributed by atoms with Gasteiger partial charge in [0.2, 0.25) is 0 Å². The number of hydrogen-bond acceptors (Lipinski definition) is 5. The molecule has 136 valence electrons. The van der Waals surface area contributed by atoms with Crippen molar-refractivity contribution in [1.82, 2.24) is 0 Å². The third-order valence-electron chi connectivity index (χ3n) is 4.56. The fourth-order valence-electron chi connectivity index (χ4n) is 3.12. The molecule has 1 aliphatic rings. The number of fused-ring (bicyclic) bond motifs is 2. The molecule has 0 fully saturated rings. The van der Waals surface area contributed by atoms with Crippen molar-refractivity contribution in [1.29, 1.82) is 0 Å². The van der Waals surface area contributed by atoms with E-state index >= 15 is 0 Å². The predicted molar refractivity (Wildman–Crippen MR) is 104 cm³/mol. The van der Waals surface area contributed by atoms with Gasteiger partial charge in [0, 0.05) is 0 Å². The molecule has 1 heterocycles. The van der Waals surface area contributed by atoms with Crippen molar-refractivity contribution in [3.05, 3.63) is 65.7 Å². The molecule has 4 rings (SSSR count). The topological polar surface area (TPSA) is 90.8 Å². The number of aliphatic hydroxyl groups excluding tert-OH is 1. The average Bonchev–Trinajstić information content (AvgIpc) is 2.82. The van der Waals surface area contributed by atoms with Crippen LogP contribution in [0, 0.1) is 0 Å². The van der Waals surface area contributed by atoms with Crippen molar-refractivity contribution in [2.75, 3.05) is 17.7 Å². The Kier molecular flexibility index (Phi) is 4.18. The second kappa shape index (κ2) is 6.66. The van der Waals surface area contributed by atoms with Gasteiger partial charge in [0.1, 0.15) is 0 Å². The number of aromatic hydroxyl groups is 1. The molecule has 1 aliphatic heterocycles. The number of anilines is 3. The monoisotopic (exact) mass is 362 g/mol. The molecule has 3 aromatic rings. The number of phenolic OH excluding ortho intramolecular Hbond substituents is 1. The number of hydrogen-bond donors (Lipinski definition) is 4. The van der Waals surface area contributed by atoms with Crippen molar-refractivity contribution in [3.8, 4) is 22.6 Å². The number of carbonyl (C=O) groups is 1. The summed E-state index contributed by atoms with van der Waals surface area (Å²) in [6.45, 7) is -0.0943. The van der Waals surface area contributed by atoms with E-state index in [2.05, 4.69) is 10.6 Å². The summed E-state index contributed by atoms with van der Waals surface area (Å²) in [6, 6.07) is 16.0. The number of nitrogens with one attached hydrogen (secondary N) is 2. The molecule has 6 heteroatoms. The summed E-state index contributed by atoms with van der Waals surface area (Å²) < 4.78 is 5.17. The number of benzene rings is 3. The smallest absolute Gasteiger partial charge is 0.257 e. The summed E-state index contributed by atoms with van der Waals surface area (Å²) in [4.78, 5) is 12.6. The number of amides is 1. The van der Waals surface area contributed by atoms with Gasteiger partial charge >= 0.3 is 0 Å². The number of carbonyl (C=O) groups excluding carboxylic acids is 1. The van der Waals surface area contributed by atoms with Crippen molar-refractivity contribution < 1.29 is 19.7 Å². The quantitative estimate of drug-likeness (QED) is 0.568. The first kappa shape index (κ1) is 16.9. The molecule has 3 aromatic carbocycles. The van der Waals surface area contributed by atoms with Gasteiger partial charge in [0.15, 0.2) is 11.5 Å². The van der Waals surface area contributed by atoms with E-state index in [1.54, 1.807) is 36.4 Å². The molecule has 0 atom stereocenters. The lowest BCUT2D eigenvalue weighted by Gasteiger charge is -2.12. The van der Waals surface area contributed by atoms with Crippen LogP contribution in [0.1, 0.15) is 15.9 Å². The van der Waals surface area contributed by atoms with Gasteiger partial charge in [-0.25, -0.2) is 0 Å². The molecule has 0 aliphatic carbocycles. The van der Waals surface area contributed by atoms with Gasteiger partial charge in [-0.3, -0.25) is 4.79 Å². The van der Waals surface area contributed by atoms with Crippen LogP contribution in [0.15, 0.2) is 54.6 Å².